The fourth-order valence-corrected chi connectivity index (χ4v) is 2.02. The van der Waals surface area contributed by atoms with Crippen LogP contribution in [0, 0.1) is 0 Å². The fourth-order valence-electron chi connectivity index (χ4n) is 0.897. The third-order valence-corrected chi connectivity index (χ3v) is 3.52. The van der Waals surface area contributed by atoms with Crippen LogP contribution in [-0.2, 0) is 0 Å². The zero-order valence-corrected chi connectivity index (χ0v) is 12.4. The Kier molecular flexibility index (Phi) is 6.92. The molecule has 1 atom stereocenters. The number of halogens is 1. The molecule has 0 rings (SSSR count). The Morgan fingerprint density at radius 3 is 2.53 bits per heavy atom. The molecule has 84 valence electrons. The van der Waals surface area contributed by atoms with Gasteiger partial charge in [-0.1, -0.05) is 40.8 Å². The van der Waals surface area contributed by atoms with Gasteiger partial charge in [-0.2, -0.15) is 10.9 Å². The molecule has 15 heavy (non-hydrogen) atoms. The second-order valence-electron chi connectivity index (χ2n) is 3.41. The van der Waals surface area contributed by atoms with E-state index in [1.807, 2.05) is 26.0 Å². The Hall–Kier alpha value is -0.290. The molecule has 0 aliphatic heterocycles. The molecule has 3 heteroatoms. The van der Waals surface area contributed by atoms with Gasteiger partial charge in [-0.25, -0.2) is 0 Å². The van der Waals surface area contributed by atoms with Gasteiger partial charge in [-0.3, -0.25) is 0 Å². The highest BCUT2D eigenvalue weighted by Gasteiger charge is 2.10. The first-order chi connectivity index (χ1) is 6.93. The van der Waals surface area contributed by atoms with E-state index < -0.39 is 0 Å². The SMILES string of the molecule is C=S=CC(C)(I)\C=C/C(C)=C(N)\C=C\C. The van der Waals surface area contributed by atoms with E-state index in [1.54, 1.807) is 0 Å². The molecule has 0 radical (unpaired) electrons. The van der Waals surface area contributed by atoms with Gasteiger partial charge >= 0.3 is 0 Å². The van der Waals surface area contributed by atoms with Gasteiger partial charge in [-0.15, -0.1) is 0 Å². The summed E-state index contributed by atoms with van der Waals surface area (Å²) in [4.78, 5) is 0. The Balaban J connectivity index is 4.81. The molecule has 0 aromatic heterocycles. The summed E-state index contributed by atoms with van der Waals surface area (Å²) in [6.45, 7) is 6.09. The van der Waals surface area contributed by atoms with Crippen molar-refractivity contribution in [2.45, 2.75) is 24.2 Å². The summed E-state index contributed by atoms with van der Waals surface area (Å²) in [5.74, 6) is 3.74. The lowest BCUT2D eigenvalue weighted by molar-refractivity contribution is 1.15. The van der Waals surface area contributed by atoms with Gasteiger partial charge in [0.05, 0.1) is 3.42 Å². The first-order valence-electron chi connectivity index (χ1n) is 4.65. The lowest BCUT2D eigenvalue weighted by Gasteiger charge is -2.10. The van der Waals surface area contributed by atoms with E-state index in [-0.39, 0.29) is 3.42 Å². The Bertz CT molecular complexity index is 345. The number of nitrogens with two attached hydrogens (primary N) is 1. The summed E-state index contributed by atoms with van der Waals surface area (Å²) in [5.41, 5.74) is 7.73. The summed E-state index contributed by atoms with van der Waals surface area (Å²) in [7, 11) is 1.48. The maximum Gasteiger partial charge on any atom is 0.0649 e. The minimum Gasteiger partial charge on any atom is -0.399 e. The number of hydrogen-bond acceptors (Lipinski definition) is 1. The van der Waals surface area contributed by atoms with Crippen molar-refractivity contribution in [2.24, 2.45) is 5.73 Å². The molecule has 0 heterocycles. The molecule has 0 saturated heterocycles. The van der Waals surface area contributed by atoms with Gasteiger partial charge in [-0.05, 0) is 43.7 Å². The average Bonchev–Trinajstić information content (AvgIpc) is 2.14. The standard InChI is InChI=1S/C12H18INS/c1-5-6-11(14)10(2)7-8-12(3,13)9-15-4/h5-9H,4,14H2,1-3H3/b6-5+,8-7-,11-10+. The van der Waals surface area contributed by atoms with E-state index in [1.165, 1.54) is 10.9 Å². The van der Waals surface area contributed by atoms with E-state index >= 15 is 0 Å². The second kappa shape index (κ2) is 7.06. The van der Waals surface area contributed by atoms with Crippen LogP contribution in [-0.4, -0.2) is 14.7 Å². The van der Waals surface area contributed by atoms with E-state index in [9.17, 15) is 0 Å². The van der Waals surface area contributed by atoms with Crippen molar-refractivity contribution in [1.82, 2.24) is 0 Å². The smallest absolute Gasteiger partial charge is 0.0649 e. The molecule has 0 spiro atoms. The lowest BCUT2D eigenvalue weighted by atomic mass is 10.1. The molecule has 0 aromatic carbocycles. The molecule has 0 fully saturated rings. The Morgan fingerprint density at radius 1 is 1.47 bits per heavy atom. The highest BCUT2D eigenvalue weighted by molar-refractivity contribution is 14.1. The third kappa shape index (κ3) is 6.73. The molecule has 1 unspecified atom stereocenters. The van der Waals surface area contributed by atoms with E-state index in [4.69, 9.17) is 5.73 Å². The van der Waals surface area contributed by atoms with Crippen LogP contribution in [0.1, 0.15) is 20.8 Å². The molecule has 0 saturated carbocycles. The zero-order valence-electron chi connectivity index (χ0n) is 9.46. The molecule has 1 nitrogen and oxygen atoms in total. The van der Waals surface area contributed by atoms with Gasteiger partial charge in [0, 0.05) is 5.70 Å². The van der Waals surface area contributed by atoms with Crippen LogP contribution in [0.15, 0.2) is 35.6 Å². The average molecular weight is 335 g/mol. The summed E-state index contributed by atoms with van der Waals surface area (Å²) in [5, 5.41) is 2.09. The summed E-state index contributed by atoms with van der Waals surface area (Å²) >= 11 is 2.37. The topological polar surface area (TPSA) is 26.0 Å². The predicted molar refractivity (Wildman–Crippen MR) is 84.0 cm³/mol. The van der Waals surface area contributed by atoms with Gasteiger partial charge < -0.3 is 5.73 Å². The monoisotopic (exact) mass is 335 g/mol. The normalized spacial score (nSPS) is 17.6. The maximum atomic E-state index is 5.84. The summed E-state index contributed by atoms with van der Waals surface area (Å²) < 4.78 is 0.0155. The van der Waals surface area contributed by atoms with Crippen molar-refractivity contribution < 1.29 is 0 Å². The highest BCUT2D eigenvalue weighted by atomic mass is 127. The van der Waals surface area contributed by atoms with Crippen molar-refractivity contribution in [1.29, 1.82) is 0 Å². The first kappa shape index (κ1) is 14.7. The number of allylic oxidation sites excluding steroid dienone is 5. The molecular formula is C12H18INS. The largest absolute Gasteiger partial charge is 0.399 e. The van der Waals surface area contributed by atoms with Gasteiger partial charge in [0.1, 0.15) is 0 Å². The van der Waals surface area contributed by atoms with E-state index in [0.717, 1.165) is 11.3 Å². The van der Waals surface area contributed by atoms with Crippen molar-refractivity contribution in [3.05, 3.63) is 35.6 Å². The van der Waals surface area contributed by atoms with Crippen LogP contribution in [0.5, 0.6) is 0 Å². The van der Waals surface area contributed by atoms with Crippen molar-refractivity contribution in [3.63, 3.8) is 0 Å². The first-order valence-corrected chi connectivity index (χ1v) is 6.78. The second-order valence-corrected chi connectivity index (χ2v) is 6.30. The lowest BCUT2D eigenvalue weighted by Crippen LogP contribution is -2.11. The van der Waals surface area contributed by atoms with Crippen LogP contribution in [0.3, 0.4) is 0 Å². The summed E-state index contributed by atoms with van der Waals surface area (Å²) in [6, 6.07) is 0. The van der Waals surface area contributed by atoms with Crippen LogP contribution >= 0.6 is 33.5 Å². The van der Waals surface area contributed by atoms with E-state index in [0.29, 0.717) is 0 Å². The maximum absolute atomic E-state index is 5.84. The molecular weight excluding hydrogens is 317 g/mol. The van der Waals surface area contributed by atoms with Gasteiger partial charge in [0.15, 0.2) is 0 Å². The van der Waals surface area contributed by atoms with Crippen molar-refractivity contribution in [3.8, 4) is 0 Å². The quantitative estimate of drug-likeness (QED) is 0.362. The molecule has 0 aliphatic carbocycles. The van der Waals surface area contributed by atoms with Crippen LogP contribution in [0.2, 0.25) is 0 Å². The van der Waals surface area contributed by atoms with Crippen LogP contribution in [0.4, 0.5) is 0 Å². The number of rotatable bonds is 4. The predicted octanol–water partition coefficient (Wildman–Crippen LogP) is 3.51. The van der Waals surface area contributed by atoms with E-state index in [2.05, 4.69) is 52.9 Å². The molecule has 0 aromatic rings. The Morgan fingerprint density at radius 2 is 2.07 bits per heavy atom. The minimum absolute atomic E-state index is 0.0155. The summed E-state index contributed by atoms with van der Waals surface area (Å²) in [6.07, 6.45) is 8.02. The van der Waals surface area contributed by atoms with Crippen LogP contribution in [0.25, 0.3) is 0 Å². The molecule has 0 aliphatic rings. The van der Waals surface area contributed by atoms with Crippen molar-refractivity contribution >= 4 is 44.8 Å². The zero-order chi connectivity index (χ0) is 11.9. The number of alkyl halides is 1. The Labute approximate surface area is 110 Å². The molecule has 0 bridgehead atoms. The van der Waals surface area contributed by atoms with Crippen molar-refractivity contribution in [2.75, 3.05) is 0 Å². The molecule has 0 amide bonds. The third-order valence-electron chi connectivity index (χ3n) is 1.77. The highest BCUT2D eigenvalue weighted by Crippen LogP contribution is 2.18. The van der Waals surface area contributed by atoms with Gasteiger partial charge in [0.2, 0.25) is 0 Å². The molecule has 2 N–H and O–H groups in total. The van der Waals surface area contributed by atoms with Crippen LogP contribution < -0.4 is 5.73 Å². The van der Waals surface area contributed by atoms with Gasteiger partial charge in [0.25, 0.3) is 0 Å². The number of hydrogen-bond donors (Lipinski definition) is 1. The minimum atomic E-state index is 0.0155. The fraction of sp³-hybridized carbons (Fsp3) is 0.333.